The van der Waals surface area contributed by atoms with Crippen molar-refractivity contribution in [3.05, 3.63) is 75.4 Å². The van der Waals surface area contributed by atoms with Crippen molar-refractivity contribution in [3.8, 4) is 11.6 Å². The quantitative estimate of drug-likeness (QED) is 0.151. The van der Waals surface area contributed by atoms with Gasteiger partial charge in [-0.05, 0) is 53.9 Å². The first-order chi connectivity index (χ1) is 16.7. The molecule has 0 fully saturated rings. The van der Waals surface area contributed by atoms with Gasteiger partial charge in [0, 0.05) is 22.0 Å². The van der Waals surface area contributed by atoms with Crippen molar-refractivity contribution in [3.63, 3.8) is 0 Å². The molecule has 0 unspecified atom stereocenters. The average molecular weight is 555 g/mol. The molecule has 0 bridgehead atoms. The Morgan fingerprint density at radius 2 is 1.86 bits per heavy atom. The summed E-state index contributed by atoms with van der Waals surface area (Å²) >= 11 is 7.38. The second-order valence-corrected chi connectivity index (χ2v) is 11.2. The van der Waals surface area contributed by atoms with E-state index < -0.39 is 21.6 Å². The topological polar surface area (TPSA) is 162 Å². The number of urea groups is 1. The van der Waals surface area contributed by atoms with Gasteiger partial charge in [-0.3, -0.25) is 4.79 Å². The lowest BCUT2D eigenvalue weighted by molar-refractivity contribution is -0.195. The van der Waals surface area contributed by atoms with Crippen LogP contribution in [0.1, 0.15) is 0 Å². The minimum absolute atomic E-state index is 0.108. The molecule has 0 radical (unpaired) electrons. The number of hydrogen-bond donors (Lipinski definition) is 4. The molecule has 0 atom stereocenters. The van der Waals surface area contributed by atoms with Crippen molar-refractivity contribution in [2.24, 2.45) is 5.90 Å². The number of nitrogens with zero attached hydrogens (tertiary/aromatic N) is 1. The molecule has 0 saturated heterocycles. The third-order valence-corrected chi connectivity index (χ3v) is 8.22. The molecule has 15 heteroatoms. The molecular weight excluding hydrogens is 540 g/mol. The molecule has 0 aliphatic carbocycles. The third-order valence-electron chi connectivity index (χ3n) is 4.57. The Morgan fingerprint density at radius 3 is 2.51 bits per heavy atom. The third kappa shape index (κ3) is 5.59. The van der Waals surface area contributed by atoms with Gasteiger partial charge in [-0.1, -0.05) is 17.7 Å². The second kappa shape index (κ2) is 10.2. The second-order valence-electron chi connectivity index (χ2n) is 6.80. The first-order valence-electron chi connectivity index (χ1n) is 9.46. The van der Waals surface area contributed by atoms with Crippen LogP contribution in [0.3, 0.4) is 0 Å². The predicted octanol–water partition coefficient (Wildman–Crippen LogP) is 3.75. The van der Waals surface area contributed by atoms with Gasteiger partial charge in [0.25, 0.3) is 15.6 Å². The van der Waals surface area contributed by atoms with E-state index in [2.05, 4.69) is 14.6 Å². The largest absolute Gasteiger partial charge is 0.494 e. The average Bonchev–Trinajstić information content (AvgIpc) is 3.26. The number of halogens is 1. The molecule has 182 valence electrons. The van der Waals surface area contributed by atoms with Gasteiger partial charge in [0.2, 0.25) is 5.88 Å². The molecule has 4 rings (SSSR count). The van der Waals surface area contributed by atoms with E-state index in [0.717, 1.165) is 27.9 Å². The first-order valence-corrected chi connectivity index (χ1v) is 12.9. The van der Waals surface area contributed by atoms with Gasteiger partial charge >= 0.3 is 6.03 Å². The normalized spacial score (nSPS) is 11.5. The van der Waals surface area contributed by atoms with Crippen LogP contribution >= 0.6 is 35.0 Å². The smallest absolute Gasteiger partial charge is 0.333 e. The van der Waals surface area contributed by atoms with Crippen LogP contribution in [-0.4, -0.2) is 24.1 Å². The zero-order valence-corrected chi connectivity index (χ0v) is 20.5. The summed E-state index contributed by atoms with van der Waals surface area (Å²) in [7, 11) is -4.08. The Bertz CT molecular complexity index is 1570. The van der Waals surface area contributed by atoms with E-state index >= 15 is 0 Å². The SMILES string of the molecule is NOOSc1ccc2cc(=O)n(-c3ccc(NC(=O)NS(=O)(=O)c4ccc(Cl)s4)cc3)c(O)c2c1. The van der Waals surface area contributed by atoms with Crippen LogP contribution in [0.25, 0.3) is 16.5 Å². The number of benzene rings is 2. The molecule has 2 heterocycles. The summed E-state index contributed by atoms with van der Waals surface area (Å²) in [5, 5.41) is 14.1. The minimum atomic E-state index is -4.08. The number of sulfonamides is 1. The summed E-state index contributed by atoms with van der Waals surface area (Å²) in [5.74, 6) is 4.52. The maximum atomic E-state index is 12.6. The van der Waals surface area contributed by atoms with Crippen LogP contribution < -0.4 is 21.5 Å². The van der Waals surface area contributed by atoms with E-state index in [-0.39, 0.29) is 20.1 Å². The van der Waals surface area contributed by atoms with Crippen LogP contribution in [0.2, 0.25) is 4.34 Å². The van der Waals surface area contributed by atoms with E-state index in [1.165, 1.54) is 42.5 Å². The molecule has 11 nitrogen and oxygen atoms in total. The van der Waals surface area contributed by atoms with E-state index in [1.807, 2.05) is 4.72 Å². The summed E-state index contributed by atoms with van der Waals surface area (Å²) in [4.78, 5) is 29.4. The highest BCUT2D eigenvalue weighted by Crippen LogP contribution is 2.30. The molecule has 35 heavy (non-hydrogen) atoms. The van der Waals surface area contributed by atoms with Crippen LogP contribution in [0, 0.1) is 0 Å². The summed E-state index contributed by atoms with van der Waals surface area (Å²) in [6.45, 7) is 0. The fourth-order valence-corrected chi connectivity index (χ4v) is 5.90. The molecule has 2 amide bonds. The lowest BCUT2D eigenvalue weighted by atomic mass is 10.1. The zero-order chi connectivity index (χ0) is 25.2. The Hall–Kier alpha value is -3.11. The van der Waals surface area contributed by atoms with Crippen LogP contribution in [0.15, 0.2) is 74.6 Å². The molecule has 0 aliphatic rings. The number of nitrogens with two attached hydrogens (primary N) is 1. The van der Waals surface area contributed by atoms with Gasteiger partial charge in [0.05, 0.1) is 22.1 Å². The molecule has 2 aromatic heterocycles. The number of fused-ring (bicyclic) bond motifs is 1. The number of aromatic nitrogens is 1. The molecule has 2 aromatic carbocycles. The number of carbonyl (C=O) groups is 1. The summed E-state index contributed by atoms with van der Waals surface area (Å²) in [5.41, 5.74) is 0.0634. The van der Waals surface area contributed by atoms with Crippen molar-refractivity contribution in [1.29, 1.82) is 0 Å². The van der Waals surface area contributed by atoms with E-state index in [9.17, 15) is 23.1 Å². The molecule has 0 spiro atoms. The Kier molecular flexibility index (Phi) is 7.32. The van der Waals surface area contributed by atoms with Crippen molar-refractivity contribution < 1.29 is 27.6 Å². The highest BCUT2D eigenvalue weighted by Gasteiger charge is 2.20. The Balaban J connectivity index is 1.55. The fourth-order valence-electron chi connectivity index (χ4n) is 3.10. The lowest BCUT2D eigenvalue weighted by Crippen LogP contribution is -2.33. The maximum Gasteiger partial charge on any atom is 0.333 e. The van der Waals surface area contributed by atoms with Gasteiger partial charge in [0.15, 0.2) is 0 Å². The number of carbonyl (C=O) groups excluding carboxylic acids is 1. The van der Waals surface area contributed by atoms with Crippen molar-refractivity contribution in [2.75, 3.05) is 5.32 Å². The fraction of sp³-hybridized carbons (Fsp3) is 0. The summed E-state index contributed by atoms with van der Waals surface area (Å²) in [6.07, 6.45) is 0. The predicted molar refractivity (Wildman–Crippen MR) is 132 cm³/mol. The highest BCUT2D eigenvalue weighted by molar-refractivity contribution is 7.94. The van der Waals surface area contributed by atoms with Gasteiger partial charge in [-0.25, -0.2) is 22.5 Å². The van der Waals surface area contributed by atoms with Crippen molar-refractivity contribution in [2.45, 2.75) is 9.10 Å². The maximum absolute atomic E-state index is 12.6. The monoisotopic (exact) mass is 554 g/mol. The molecule has 0 aliphatic heterocycles. The number of nitrogens with one attached hydrogen (secondary N) is 2. The summed E-state index contributed by atoms with van der Waals surface area (Å²) in [6, 6.07) is 13.8. The van der Waals surface area contributed by atoms with Gasteiger partial charge in [0.1, 0.15) is 4.21 Å². The molecule has 0 saturated carbocycles. The van der Waals surface area contributed by atoms with Crippen LogP contribution in [-0.2, 0) is 19.3 Å². The van der Waals surface area contributed by atoms with E-state index in [0.29, 0.717) is 21.4 Å². The van der Waals surface area contributed by atoms with Gasteiger partial charge < -0.3 is 10.4 Å². The Morgan fingerprint density at radius 1 is 1.11 bits per heavy atom. The van der Waals surface area contributed by atoms with Crippen LogP contribution in [0.4, 0.5) is 10.5 Å². The standard InChI is InChI=1S/C20H15ClN4O7S3/c21-16-7-8-18(33-16)35(29,30)24-20(28)23-12-2-4-13(5-3-12)25-17(26)9-11-1-6-14(34-32-31-22)10-15(11)19(25)27/h1-10,27H,22H2,(H2,23,24,28). The number of aromatic hydroxyl groups is 1. The molecular formula is C20H15ClN4O7S3. The Labute approximate surface area is 211 Å². The van der Waals surface area contributed by atoms with E-state index in [4.69, 9.17) is 17.5 Å². The van der Waals surface area contributed by atoms with Crippen molar-refractivity contribution in [1.82, 2.24) is 9.29 Å². The van der Waals surface area contributed by atoms with Crippen molar-refractivity contribution >= 4 is 67.5 Å². The number of hydrogen-bond acceptors (Lipinski definition) is 10. The van der Waals surface area contributed by atoms with E-state index in [1.54, 1.807) is 18.2 Å². The molecule has 4 aromatic rings. The van der Waals surface area contributed by atoms with Gasteiger partial charge in [-0.2, -0.15) is 5.90 Å². The highest BCUT2D eigenvalue weighted by atomic mass is 35.5. The lowest BCUT2D eigenvalue weighted by Gasteiger charge is -2.13. The van der Waals surface area contributed by atoms with Gasteiger partial charge in [-0.15, -0.1) is 20.7 Å². The summed E-state index contributed by atoms with van der Waals surface area (Å²) < 4.78 is 32.2. The number of rotatable bonds is 7. The number of pyridine rings is 1. The van der Waals surface area contributed by atoms with Crippen LogP contribution in [0.5, 0.6) is 5.88 Å². The molecule has 5 N–H and O–H groups in total. The zero-order valence-electron chi connectivity index (χ0n) is 17.3. The number of anilines is 1. The number of thiophene rings is 1. The first kappa shape index (κ1) is 25.0. The minimum Gasteiger partial charge on any atom is -0.494 e. The number of amides is 2.